The fourth-order valence-corrected chi connectivity index (χ4v) is 4.26. The Bertz CT molecular complexity index is 535. The van der Waals surface area contributed by atoms with Crippen molar-refractivity contribution in [3.8, 4) is 0 Å². The average molecular weight is 320 g/mol. The Labute approximate surface area is 137 Å². The number of aryl methyl sites for hydroxylation is 1. The van der Waals surface area contributed by atoms with Crippen molar-refractivity contribution in [3.63, 3.8) is 0 Å². The van der Waals surface area contributed by atoms with Crippen molar-refractivity contribution in [3.05, 3.63) is 29.8 Å². The standard InChI is InChI=1S/C19H28O2S/c1-4-5-6-7-8-16-13-19(16,3)18(20)14-22(21)17-11-9-15(2)10-12-17/h9-12,16H,4-8,13-14H2,1-3H3/t16-,19-,22+/m1/s1. The average Bonchev–Trinajstić information content (AvgIpc) is 3.16. The van der Waals surface area contributed by atoms with Crippen LogP contribution in [0.1, 0.15) is 57.9 Å². The third kappa shape index (κ3) is 4.28. The molecule has 3 atom stereocenters. The minimum Gasteiger partial charge on any atom is -0.298 e. The van der Waals surface area contributed by atoms with Crippen molar-refractivity contribution in [1.29, 1.82) is 0 Å². The Morgan fingerprint density at radius 2 is 1.91 bits per heavy atom. The Kier molecular flexibility index (Phi) is 5.96. The van der Waals surface area contributed by atoms with Gasteiger partial charge < -0.3 is 0 Å². The van der Waals surface area contributed by atoms with Gasteiger partial charge in [0.15, 0.2) is 5.78 Å². The third-order valence-electron chi connectivity index (χ3n) is 5.00. The number of unbranched alkanes of at least 4 members (excludes halogenated alkanes) is 3. The SMILES string of the molecule is CCCCCC[C@@H]1C[C@@]1(C)C(=O)C[S@](=O)c1ccc(C)cc1. The first-order valence-electron chi connectivity index (χ1n) is 8.45. The molecule has 1 aromatic carbocycles. The summed E-state index contributed by atoms with van der Waals surface area (Å²) in [5.41, 5.74) is 0.945. The fourth-order valence-electron chi connectivity index (χ4n) is 3.09. The summed E-state index contributed by atoms with van der Waals surface area (Å²) in [6, 6.07) is 7.65. The fraction of sp³-hybridized carbons (Fsp3) is 0.632. The van der Waals surface area contributed by atoms with E-state index in [0.29, 0.717) is 5.92 Å². The van der Waals surface area contributed by atoms with Gasteiger partial charge in [0.1, 0.15) is 0 Å². The van der Waals surface area contributed by atoms with Crippen LogP contribution >= 0.6 is 0 Å². The third-order valence-corrected chi connectivity index (χ3v) is 6.32. The van der Waals surface area contributed by atoms with Gasteiger partial charge in [-0.2, -0.15) is 0 Å². The van der Waals surface area contributed by atoms with E-state index in [-0.39, 0.29) is 17.0 Å². The Balaban J connectivity index is 1.82. The van der Waals surface area contributed by atoms with E-state index >= 15 is 0 Å². The first kappa shape index (κ1) is 17.4. The maximum Gasteiger partial charge on any atom is 0.151 e. The van der Waals surface area contributed by atoms with Gasteiger partial charge in [0, 0.05) is 10.3 Å². The van der Waals surface area contributed by atoms with Crippen LogP contribution < -0.4 is 0 Å². The number of carbonyl (C=O) groups is 1. The highest BCUT2D eigenvalue weighted by molar-refractivity contribution is 7.85. The van der Waals surface area contributed by atoms with Gasteiger partial charge in [-0.25, -0.2) is 0 Å². The van der Waals surface area contributed by atoms with Gasteiger partial charge in [0.05, 0.1) is 16.6 Å². The second kappa shape index (κ2) is 7.54. The van der Waals surface area contributed by atoms with Crippen molar-refractivity contribution >= 4 is 16.6 Å². The highest BCUT2D eigenvalue weighted by Crippen LogP contribution is 2.55. The van der Waals surface area contributed by atoms with Crippen molar-refractivity contribution < 1.29 is 9.00 Å². The lowest BCUT2D eigenvalue weighted by atomic mass is 9.98. The van der Waals surface area contributed by atoms with Crippen molar-refractivity contribution in [2.75, 3.05) is 5.75 Å². The topological polar surface area (TPSA) is 34.1 Å². The highest BCUT2D eigenvalue weighted by atomic mass is 32.2. The largest absolute Gasteiger partial charge is 0.298 e. The summed E-state index contributed by atoms with van der Waals surface area (Å²) in [6.45, 7) is 6.28. The molecule has 1 saturated carbocycles. The Morgan fingerprint density at radius 1 is 1.23 bits per heavy atom. The van der Waals surface area contributed by atoms with Gasteiger partial charge in [-0.15, -0.1) is 0 Å². The molecule has 0 amide bonds. The number of ketones is 1. The van der Waals surface area contributed by atoms with Crippen LogP contribution in [0, 0.1) is 18.3 Å². The maximum absolute atomic E-state index is 12.5. The molecule has 1 aliphatic carbocycles. The quantitative estimate of drug-likeness (QED) is 0.620. The lowest BCUT2D eigenvalue weighted by Crippen LogP contribution is -2.21. The molecule has 22 heavy (non-hydrogen) atoms. The van der Waals surface area contributed by atoms with E-state index in [1.807, 2.05) is 31.2 Å². The molecule has 1 aromatic rings. The van der Waals surface area contributed by atoms with Gasteiger partial charge >= 0.3 is 0 Å². The van der Waals surface area contributed by atoms with E-state index < -0.39 is 10.8 Å². The van der Waals surface area contributed by atoms with Gasteiger partial charge in [-0.05, 0) is 37.8 Å². The van der Waals surface area contributed by atoms with Crippen LogP contribution in [0.25, 0.3) is 0 Å². The maximum atomic E-state index is 12.5. The molecule has 0 spiro atoms. The Hall–Kier alpha value is -0.960. The molecule has 2 rings (SSSR count). The van der Waals surface area contributed by atoms with Gasteiger partial charge in [0.2, 0.25) is 0 Å². The predicted octanol–water partition coefficient (Wildman–Crippen LogP) is 4.67. The number of rotatable bonds is 9. The molecule has 1 fully saturated rings. The molecule has 0 heterocycles. The summed E-state index contributed by atoms with van der Waals surface area (Å²) in [5, 5.41) is 0. The second-order valence-corrected chi connectivity index (χ2v) is 8.35. The van der Waals surface area contributed by atoms with Crippen LogP contribution in [-0.4, -0.2) is 15.7 Å². The van der Waals surface area contributed by atoms with E-state index in [4.69, 9.17) is 0 Å². The van der Waals surface area contributed by atoms with Gasteiger partial charge in [-0.1, -0.05) is 57.2 Å². The first-order valence-corrected chi connectivity index (χ1v) is 9.77. The van der Waals surface area contributed by atoms with Crippen LogP contribution in [0.4, 0.5) is 0 Å². The number of Topliss-reactive ketones (excluding diaryl/α,β-unsaturated/α-hetero) is 1. The summed E-state index contributed by atoms with van der Waals surface area (Å²) in [5.74, 6) is 0.879. The molecule has 1 aliphatic rings. The van der Waals surface area contributed by atoms with E-state index in [1.54, 1.807) is 0 Å². The zero-order chi connectivity index (χ0) is 16.2. The molecule has 0 radical (unpaired) electrons. The predicted molar refractivity (Wildman–Crippen MR) is 92.4 cm³/mol. The highest BCUT2D eigenvalue weighted by Gasteiger charge is 2.54. The molecule has 0 bridgehead atoms. The minimum atomic E-state index is -1.20. The second-order valence-electron chi connectivity index (χ2n) is 6.89. The molecule has 3 heteroatoms. The van der Waals surface area contributed by atoms with Gasteiger partial charge in [-0.3, -0.25) is 9.00 Å². The normalized spacial score (nSPS) is 25.0. The zero-order valence-corrected chi connectivity index (χ0v) is 14.9. The van der Waals surface area contributed by atoms with Crippen molar-refractivity contribution in [2.24, 2.45) is 11.3 Å². The van der Waals surface area contributed by atoms with Crippen LogP contribution in [0.2, 0.25) is 0 Å². The van der Waals surface area contributed by atoms with Crippen LogP contribution in [0.3, 0.4) is 0 Å². The van der Waals surface area contributed by atoms with E-state index in [0.717, 1.165) is 23.3 Å². The first-order chi connectivity index (χ1) is 10.5. The summed E-state index contributed by atoms with van der Waals surface area (Å²) in [7, 11) is -1.20. The van der Waals surface area contributed by atoms with Crippen LogP contribution in [0.5, 0.6) is 0 Å². The summed E-state index contributed by atoms with van der Waals surface area (Å²) < 4.78 is 12.3. The van der Waals surface area contributed by atoms with Crippen LogP contribution in [0.15, 0.2) is 29.2 Å². The molecular formula is C19H28O2S. The lowest BCUT2D eigenvalue weighted by molar-refractivity contribution is -0.121. The molecule has 0 aromatic heterocycles. The molecule has 122 valence electrons. The van der Waals surface area contributed by atoms with Crippen molar-refractivity contribution in [1.82, 2.24) is 0 Å². The summed E-state index contributed by atoms with van der Waals surface area (Å²) >= 11 is 0. The smallest absolute Gasteiger partial charge is 0.151 e. The molecule has 0 unspecified atom stereocenters. The van der Waals surface area contributed by atoms with E-state index in [9.17, 15) is 9.00 Å². The van der Waals surface area contributed by atoms with Gasteiger partial charge in [0.25, 0.3) is 0 Å². The molecular weight excluding hydrogens is 292 g/mol. The minimum absolute atomic E-state index is 0.172. The monoisotopic (exact) mass is 320 g/mol. The number of hydrogen-bond acceptors (Lipinski definition) is 2. The lowest BCUT2D eigenvalue weighted by Gasteiger charge is -2.10. The number of carbonyl (C=O) groups excluding carboxylic acids is 1. The number of benzene rings is 1. The van der Waals surface area contributed by atoms with Crippen LogP contribution in [-0.2, 0) is 15.6 Å². The Morgan fingerprint density at radius 3 is 2.55 bits per heavy atom. The van der Waals surface area contributed by atoms with Crippen molar-refractivity contribution in [2.45, 2.75) is 64.2 Å². The molecule has 0 saturated heterocycles. The molecule has 0 aliphatic heterocycles. The molecule has 2 nitrogen and oxygen atoms in total. The summed E-state index contributed by atoms with van der Waals surface area (Å²) in [4.78, 5) is 13.3. The van der Waals surface area contributed by atoms with E-state index in [1.165, 1.54) is 25.7 Å². The molecule has 0 N–H and O–H groups in total. The summed E-state index contributed by atoms with van der Waals surface area (Å²) in [6.07, 6.45) is 7.17. The van der Waals surface area contributed by atoms with E-state index in [2.05, 4.69) is 13.8 Å². The zero-order valence-electron chi connectivity index (χ0n) is 14.1. The number of hydrogen-bond donors (Lipinski definition) is 0.